The van der Waals surface area contributed by atoms with Crippen molar-refractivity contribution in [2.75, 3.05) is 52.0 Å². The molecule has 0 spiro atoms. The lowest BCUT2D eigenvalue weighted by molar-refractivity contribution is 0.0798. The number of nitrogens with two attached hydrogens (primary N) is 1. The zero-order valence-electron chi connectivity index (χ0n) is 19.3. The summed E-state index contributed by atoms with van der Waals surface area (Å²) in [5.74, 6) is 1.97. The number of phenolic OH excluding ortho intramolecular Hbond substituents is 1. The Morgan fingerprint density at radius 2 is 1.59 bits per heavy atom. The minimum absolute atomic E-state index is 0.125. The summed E-state index contributed by atoms with van der Waals surface area (Å²) < 4.78 is 10.7. The van der Waals surface area contributed by atoms with Gasteiger partial charge in [0.2, 0.25) is 5.95 Å². The van der Waals surface area contributed by atoms with Crippen LogP contribution in [0.3, 0.4) is 0 Å². The fraction of sp³-hybridized carbons (Fsp3) is 0.348. The summed E-state index contributed by atoms with van der Waals surface area (Å²) in [6.45, 7) is 4.50. The predicted octanol–water partition coefficient (Wildman–Crippen LogP) is 2.76. The van der Waals surface area contributed by atoms with Gasteiger partial charge in [-0.2, -0.15) is 4.98 Å². The highest BCUT2D eigenvalue weighted by Crippen LogP contribution is 2.34. The molecule has 1 amide bonds. The Labute approximate surface area is 187 Å². The fourth-order valence-electron chi connectivity index (χ4n) is 3.44. The Morgan fingerprint density at radius 1 is 1.00 bits per heavy atom. The molecular weight excluding hydrogens is 410 g/mol. The van der Waals surface area contributed by atoms with E-state index in [4.69, 9.17) is 15.2 Å². The number of aryl methyl sites for hydroxylation is 2. The van der Waals surface area contributed by atoms with Gasteiger partial charge in [-0.05, 0) is 43.2 Å². The summed E-state index contributed by atoms with van der Waals surface area (Å²) in [5.41, 5.74) is 8.69. The maximum atomic E-state index is 12.8. The van der Waals surface area contributed by atoms with Crippen LogP contribution in [0, 0.1) is 13.8 Å². The van der Waals surface area contributed by atoms with E-state index in [-0.39, 0.29) is 11.7 Å². The van der Waals surface area contributed by atoms with E-state index < -0.39 is 0 Å². The van der Waals surface area contributed by atoms with Crippen LogP contribution in [0.1, 0.15) is 21.5 Å². The first-order valence-corrected chi connectivity index (χ1v) is 10.1. The highest BCUT2D eigenvalue weighted by Gasteiger charge is 2.17. The minimum atomic E-state index is -0.125. The average molecular weight is 440 g/mol. The number of carbonyl (C=O) groups is 1. The second-order valence-corrected chi connectivity index (χ2v) is 7.74. The van der Waals surface area contributed by atoms with Crippen molar-refractivity contribution in [1.82, 2.24) is 14.9 Å². The maximum Gasteiger partial charge on any atom is 0.253 e. The Kier molecular flexibility index (Phi) is 6.57. The number of methoxy groups -OCH3 is 2. The molecule has 9 heteroatoms. The van der Waals surface area contributed by atoms with Crippen molar-refractivity contribution in [1.29, 1.82) is 0 Å². The molecule has 0 aliphatic heterocycles. The molecule has 0 unspecified atom stereocenters. The van der Waals surface area contributed by atoms with Gasteiger partial charge in [0.15, 0.2) is 11.5 Å². The number of nitrogens with zero attached hydrogens (tertiary/aromatic N) is 4. The molecule has 3 rings (SSSR count). The number of hydrogen-bond donors (Lipinski definition) is 2. The number of likely N-dealkylation sites (N-methyl/N-ethyl adjacent to an activating group) is 2. The third-order valence-corrected chi connectivity index (χ3v) is 5.42. The number of carbonyl (C=O) groups excluding carboxylic acids is 1. The molecule has 9 nitrogen and oxygen atoms in total. The van der Waals surface area contributed by atoms with Crippen LogP contribution in [0.25, 0.3) is 10.9 Å². The maximum absolute atomic E-state index is 12.8. The molecule has 3 N–H and O–H groups in total. The quantitative estimate of drug-likeness (QED) is 0.578. The summed E-state index contributed by atoms with van der Waals surface area (Å²) >= 11 is 0. The summed E-state index contributed by atoms with van der Waals surface area (Å²) in [5, 5.41) is 10.6. The van der Waals surface area contributed by atoms with E-state index >= 15 is 0 Å². The molecule has 2 aromatic carbocycles. The van der Waals surface area contributed by atoms with Crippen molar-refractivity contribution in [2.45, 2.75) is 13.8 Å². The van der Waals surface area contributed by atoms with Gasteiger partial charge < -0.3 is 30.1 Å². The Hall–Kier alpha value is -3.75. The van der Waals surface area contributed by atoms with Gasteiger partial charge >= 0.3 is 0 Å². The predicted molar refractivity (Wildman–Crippen MR) is 125 cm³/mol. The smallest absolute Gasteiger partial charge is 0.253 e. The number of rotatable bonds is 7. The summed E-state index contributed by atoms with van der Waals surface area (Å²) in [6, 6.07) is 6.90. The standard InChI is InChI=1S/C23H29N5O4/c1-13-9-15(10-14(2)20(13)29)22(30)27(3)7-8-28(4)23-25-17-12-19(32-6)18(31-5)11-16(17)21(24)26-23/h9-12,29H,7-8H2,1-6H3,(H2,24,25,26). The van der Waals surface area contributed by atoms with Crippen molar-refractivity contribution in [2.24, 2.45) is 0 Å². The van der Waals surface area contributed by atoms with Gasteiger partial charge in [0.25, 0.3) is 5.91 Å². The van der Waals surface area contributed by atoms with Crippen molar-refractivity contribution >= 4 is 28.6 Å². The highest BCUT2D eigenvalue weighted by molar-refractivity contribution is 5.95. The van der Waals surface area contributed by atoms with Crippen LogP contribution < -0.4 is 20.1 Å². The molecule has 0 bridgehead atoms. The highest BCUT2D eigenvalue weighted by atomic mass is 16.5. The third-order valence-electron chi connectivity index (χ3n) is 5.42. The minimum Gasteiger partial charge on any atom is -0.507 e. The van der Waals surface area contributed by atoms with Gasteiger partial charge in [-0.1, -0.05) is 0 Å². The SMILES string of the molecule is COc1cc2nc(N(C)CCN(C)C(=O)c3cc(C)c(O)c(C)c3)nc(N)c2cc1OC. The Bertz CT molecular complexity index is 1140. The van der Waals surface area contributed by atoms with E-state index in [0.717, 1.165) is 0 Å². The van der Waals surface area contributed by atoms with Crippen LogP contribution in [-0.2, 0) is 0 Å². The van der Waals surface area contributed by atoms with E-state index in [1.807, 2.05) is 11.9 Å². The van der Waals surface area contributed by atoms with Crippen molar-refractivity contribution < 1.29 is 19.4 Å². The van der Waals surface area contributed by atoms with Gasteiger partial charge in [-0.3, -0.25) is 4.79 Å². The molecule has 0 saturated heterocycles. The number of amides is 1. The number of fused-ring (bicyclic) bond motifs is 1. The number of anilines is 2. The molecular formula is C23H29N5O4. The third kappa shape index (κ3) is 4.46. The molecule has 1 heterocycles. The lowest BCUT2D eigenvalue weighted by Crippen LogP contribution is -2.35. The molecule has 0 aliphatic carbocycles. The molecule has 32 heavy (non-hydrogen) atoms. The van der Waals surface area contributed by atoms with Crippen molar-refractivity contribution in [3.05, 3.63) is 41.0 Å². The largest absolute Gasteiger partial charge is 0.507 e. The number of aromatic hydroxyl groups is 1. The Balaban J connectivity index is 1.76. The second-order valence-electron chi connectivity index (χ2n) is 7.74. The molecule has 0 atom stereocenters. The van der Waals surface area contributed by atoms with Crippen LogP contribution in [-0.4, -0.2) is 67.3 Å². The number of phenols is 1. The molecule has 170 valence electrons. The lowest BCUT2D eigenvalue weighted by Gasteiger charge is -2.23. The van der Waals surface area contributed by atoms with Crippen molar-refractivity contribution in [3.63, 3.8) is 0 Å². The van der Waals surface area contributed by atoms with Gasteiger partial charge in [-0.25, -0.2) is 4.98 Å². The summed E-state index contributed by atoms with van der Waals surface area (Å²) in [4.78, 5) is 25.3. The second kappa shape index (κ2) is 9.17. The van der Waals surface area contributed by atoms with Gasteiger partial charge in [-0.15, -0.1) is 0 Å². The lowest BCUT2D eigenvalue weighted by atomic mass is 10.0. The summed E-state index contributed by atoms with van der Waals surface area (Å²) in [6.07, 6.45) is 0. The van der Waals surface area contributed by atoms with Crippen LogP contribution >= 0.6 is 0 Å². The van der Waals surface area contributed by atoms with Crippen LogP contribution in [0.5, 0.6) is 17.2 Å². The topological polar surface area (TPSA) is 114 Å². The molecule has 0 aliphatic rings. The fourth-order valence-corrected chi connectivity index (χ4v) is 3.44. The zero-order chi connectivity index (χ0) is 23.6. The van der Waals surface area contributed by atoms with Gasteiger partial charge in [0, 0.05) is 44.2 Å². The van der Waals surface area contributed by atoms with E-state index in [1.54, 1.807) is 64.3 Å². The first kappa shape index (κ1) is 22.9. The zero-order valence-corrected chi connectivity index (χ0v) is 19.3. The normalized spacial score (nSPS) is 10.8. The molecule has 3 aromatic rings. The van der Waals surface area contributed by atoms with E-state index in [9.17, 15) is 9.90 Å². The van der Waals surface area contributed by atoms with Gasteiger partial charge in [0.05, 0.1) is 19.7 Å². The van der Waals surface area contributed by atoms with E-state index in [2.05, 4.69) is 9.97 Å². The number of nitrogen functional groups attached to an aromatic ring is 1. The Morgan fingerprint density at radius 3 is 2.19 bits per heavy atom. The summed E-state index contributed by atoms with van der Waals surface area (Å²) in [7, 11) is 6.70. The van der Waals surface area contributed by atoms with E-state index in [0.29, 0.717) is 63.9 Å². The number of aromatic nitrogens is 2. The van der Waals surface area contributed by atoms with Crippen LogP contribution in [0.2, 0.25) is 0 Å². The first-order valence-electron chi connectivity index (χ1n) is 10.1. The number of benzene rings is 2. The molecule has 0 saturated carbocycles. The molecule has 0 radical (unpaired) electrons. The number of hydrogen-bond acceptors (Lipinski definition) is 8. The first-order chi connectivity index (χ1) is 15.2. The van der Waals surface area contributed by atoms with Gasteiger partial charge in [0.1, 0.15) is 11.6 Å². The van der Waals surface area contributed by atoms with Crippen LogP contribution in [0.15, 0.2) is 24.3 Å². The van der Waals surface area contributed by atoms with Crippen molar-refractivity contribution in [3.8, 4) is 17.2 Å². The van der Waals surface area contributed by atoms with Crippen LogP contribution in [0.4, 0.5) is 11.8 Å². The number of ether oxygens (including phenoxy) is 2. The average Bonchev–Trinajstić information content (AvgIpc) is 2.78. The molecule has 0 fully saturated rings. The monoisotopic (exact) mass is 439 g/mol. The molecule has 1 aromatic heterocycles. The van der Waals surface area contributed by atoms with E-state index in [1.165, 1.54) is 0 Å².